The number of ether oxygens (including phenoxy) is 1. The van der Waals surface area contributed by atoms with Gasteiger partial charge in [-0.2, -0.15) is 0 Å². The van der Waals surface area contributed by atoms with Gasteiger partial charge in [0.05, 0.1) is 7.11 Å². The first-order valence-electron chi connectivity index (χ1n) is 6.14. The third-order valence-electron chi connectivity index (χ3n) is 3.30. The van der Waals surface area contributed by atoms with Gasteiger partial charge in [0, 0.05) is 12.2 Å². The van der Waals surface area contributed by atoms with Crippen molar-refractivity contribution < 1.29 is 4.74 Å². The number of methoxy groups -OCH3 is 1. The molecule has 2 aromatic rings. The van der Waals surface area contributed by atoms with E-state index in [1.54, 1.807) is 7.11 Å². The first-order valence-corrected chi connectivity index (χ1v) is 6.52. The van der Waals surface area contributed by atoms with Crippen molar-refractivity contribution in [2.75, 3.05) is 12.0 Å². The summed E-state index contributed by atoms with van der Waals surface area (Å²) in [6.07, 6.45) is 2.00. The van der Waals surface area contributed by atoms with Crippen LogP contribution in [0.25, 0.3) is 6.08 Å². The molecule has 96 valence electrons. The van der Waals surface area contributed by atoms with Crippen LogP contribution in [0.3, 0.4) is 0 Å². The molecule has 0 bridgehead atoms. The van der Waals surface area contributed by atoms with Crippen LogP contribution in [-0.4, -0.2) is 7.11 Å². The van der Waals surface area contributed by atoms with Crippen LogP contribution < -0.4 is 9.64 Å². The molecule has 0 N–H and O–H groups in total. The average molecular weight is 272 g/mol. The van der Waals surface area contributed by atoms with Gasteiger partial charge in [-0.05, 0) is 41.5 Å². The van der Waals surface area contributed by atoms with E-state index in [-0.39, 0.29) is 0 Å². The number of anilines is 1. The van der Waals surface area contributed by atoms with Gasteiger partial charge < -0.3 is 9.64 Å². The zero-order chi connectivity index (χ0) is 13.2. The topological polar surface area (TPSA) is 12.5 Å². The third kappa shape index (κ3) is 2.32. The highest BCUT2D eigenvalue weighted by molar-refractivity contribution is 6.33. The van der Waals surface area contributed by atoms with Gasteiger partial charge in [-0.1, -0.05) is 35.9 Å². The van der Waals surface area contributed by atoms with E-state index in [9.17, 15) is 0 Å². The third-order valence-corrected chi connectivity index (χ3v) is 3.61. The number of nitrogens with zero attached hydrogens (tertiary/aromatic N) is 1. The van der Waals surface area contributed by atoms with Gasteiger partial charge in [-0.25, -0.2) is 0 Å². The van der Waals surface area contributed by atoms with Crippen molar-refractivity contribution in [3.63, 3.8) is 0 Å². The Labute approximate surface area is 117 Å². The predicted octanol–water partition coefficient (Wildman–Crippen LogP) is 4.25. The maximum absolute atomic E-state index is 6.37. The average Bonchev–Trinajstić information content (AvgIpc) is 2.47. The van der Waals surface area contributed by atoms with Crippen LogP contribution in [0.4, 0.5) is 5.69 Å². The lowest BCUT2D eigenvalue weighted by Gasteiger charge is -2.28. The van der Waals surface area contributed by atoms with E-state index >= 15 is 0 Å². The lowest BCUT2D eigenvalue weighted by Crippen LogP contribution is -2.22. The SMILES string of the molecule is COc1ccc(N2Cc3ccccc3C=C2Cl)cc1. The van der Waals surface area contributed by atoms with Crippen molar-refractivity contribution in [2.45, 2.75) is 6.54 Å². The lowest BCUT2D eigenvalue weighted by molar-refractivity contribution is 0.415. The number of rotatable bonds is 2. The van der Waals surface area contributed by atoms with Gasteiger partial charge in [0.1, 0.15) is 10.9 Å². The molecule has 0 radical (unpaired) electrons. The zero-order valence-electron chi connectivity index (χ0n) is 10.6. The molecule has 1 aliphatic rings. The summed E-state index contributed by atoms with van der Waals surface area (Å²) in [5.74, 6) is 0.848. The second-order valence-electron chi connectivity index (χ2n) is 4.45. The first-order chi connectivity index (χ1) is 9.28. The maximum atomic E-state index is 6.37. The molecule has 0 saturated heterocycles. The Morgan fingerprint density at radius 2 is 1.79 bits per heavy atom. The molecule has 0 fully saturated rings. The summed E-state index contributed by atoms with van der Waals surface area (Å²) in [5, 5.41) is 0.740. The molecular weight excluding hydrogens is 258 g/mol. The van der Waals surface area contributed by atoms with Gasteiger partial charge in [-0.3, -0.25) is 0 Å². The monoisotopic (exact) mass is 271 g/mol. The Hall–Kier alpha value is -1.93. The van der Waals surface area contributed by atoms with Crippen LogP contribution >= 0.6 is 11.6 Å². The Bertz CT molecular complexity index is 619. The number of fused-ring (bicyclic) bond motifs is 1. The molecule has 3 rings (SSSR count). The number of hydrogen-bond donors (Lipinski definition) is 0. The van der Waals surface area contributed by atoms with Crippen LogP contribution in [0.15, 0.2) is 53.7 Å². The van der Waals surface area contributed by atoms with Gasteiger partial charge in [0.25, 0.3) is 0 Å². The number of halogens is 1. The molecule has 3 heteroatoms. The van der Waals surface area contributed by atoms with Crippen LogP contribution in [0.2, 0.25) is 0 Å². The van der Waals surface area contributed by atoms with Crippen LogP contribution in [0.5, 0.6) is 5.75 Å². The normalized spacial score (nSPS) is 13.8. The molecule has 0 aromatic heterocycles. The minimum absolute atomic E-state index is 0.740. The Kier molecular flexibility index (Phi) is 3.18. The molecule has 2 aromatic carbocycles. The highest BCUT2D eigenvalue weighted by atomic mass is 35.5. The second kappa shape index (κ2) is 4.98. The molecule has 0 unspecified atom stereocenters. The largest absolute Gasteiger partial charge is 0.497 e. The molecule has 0 spiro atoms. The molecule has 1 heterocycles. The van der Waals surface area contributed by atoms with Gasteiger partial charge >= 0.3 is 0 Å². The molecule has 1 aliphatic heterocycles. The summed E-state index contributed by atoms with van der Waals surface area (Å²) in [7, 11) is 1.67. The highest BCUT2D eigenvalue weighted by Gasteiger charge is 2.17. The fourth-order valence-electron chi connectivity index (χ4n) is 2.25. The molecule has 0 atom stereocenters. The van der Waals surface area contributed by atoms with Crippen LogP contribution in [-0.2, 0) is 6.54 Å². The van der Waals surface area contributed by atoms with Crippen molar-refractivity contribution in [1.82, 2.24) is 0 Å². The van der Waals surface area contributed by atoms with E-state index in [1.165, 1.54) is 11.1 Å². The van der Waals surface area contributed by atoms with Crippen molar-refractivity contribution in [1.29, 1.82) is 0 Å². The van der Waals surface area contributed by atoms with Crippen molar-refractivity contribution in [3.8, 4) is 5.75 Å². The smallest absolute Gasteiger partial charge is 0.119 e. The van der Waals surface area contributed by atoms with Crippen molar-refractivity contribution >= 4 is 23.4 Å². The van der Waals surface area contributed by atoms with Gasteiger partial charge in [0.2, 0.25) is 0 Å². The first kappa shape index (κ1) is 12.1. The van der Waals surface area contributed by atoms with Gasteiger partial charge in [0.15, 0.2) is 0 Å². The van der Waals surface area contributed by atoms with E-state index < -0.39 is 0 Å². The lowest BCUT2D eigenvalue weighted by atomic mass is 10.0. The van der Waals surface area contributed by atoms with Crippen LogP contribution in [0.1, 0.15) is 11.1 Å². The zero-order valence-corrected chi connectivity index (χ0v) is 11.4. The predicted molar refractivity (Wildman–Crippen MR) is 79.4 cm³/mol. The highest BCUT2D eigenvalue weighted by Crippen LogP contribution is 2.32. The fraction of sp³-hybridized carbons (Fsp3) is 0.125. The molecule has 2 nitrogen and oxygen atoms in total. The number of hydrogen-bond acceptors (Lipinski definition) is 2. The summed E-state index contributed by atoms with van der Waals surface area (Å²) >= 11 is 6.37. The number of benzene rings is 2. The maximum Gasteiger partial charge on any atom is 0.119 e. The molecule has 0 amide bonds. The van der Waals surface area contributed by atoms with E-state index in [1.807, 2.05) is 36.4 Å². The van der Waals surface area contributed by atoms with E-state index in [2.05, 4.69) is 23.1 Å². The quantitative estimate of drug-likeness (QED) is 0.757. The molecule has 0 aliphatic carbocycles. The standard InChI is InChI=1S/C16H14ClNO/c1-19-15-8-6-14(7-9-15)18-11-13-5-3-2-4-12(13)10-16(18)17/h2-10H,11H2,1H3. The fourth-order valence-corrected chi connectivity index (χ4v) is 2.52. The van der Waals surface area contributed by atoms with E-state index in [0.29, 0.717) is 0 Å². The van der Waals surface area contributed by atoms with Gasteiger partial charge in [-0.15, -0.1) is 0 Å². The van der Waals surface area contributed by atoms with E-state index in [4.69, 9.17) is 16.3 Å². The summed E-state index contributed by atoms with van der Waals surface area (Å²) in [6.45, 7) is 0.790. The van der Waals surface area contributed by atoms with Crippen molar-refractivity contribution in [3.05, 3.63) is 64.8 Å². The van der Waals surface area contributed by atoms with Crippen molar-refractivity contribution in [2.24, 2.45) is 0 Å². The minimum Gasteiger partial charge on any atom is -0.497 e. The summed E-state index contributed by atoms with van der Waals surface area (Å²) < 4.78 is 5.17. The molecular formula is C16H14ClNO. The Balaban J connectivity index is 1.94. The Morgan fingerprint density at radius 1 is 1.05 bits per heavy atom. The summed E-state index contributed by atoms with van der Waals surface area (Å²) in [6, 6.07) is 16.2. The van der Waals surface area contributed by atoms with Crippen LogP contribution in [0, 0.1) is 0 Å². The molecule has 19 heavy (non-hydrogen) atoms. The summed E-state index contributed by atoms with van der Waals surface area (Å²) in [5.41, 5.74) is 3.54. The minimum atomic E-state index is 0.740. The Morgan fingerprint density at radius 3 is 2.53 bits per heavy atom. The second-order valence-corrected chi connectivity index (χ2v) is 4.84. The summed E-state index contributed by atoms with van der Waals surface area (Å²) in [4.78, 5) is 2.09. The molecule has 0 saturated carbocycles. The van der Waals surface area contributed by atoms with E-state index in [0.717, 1.165) is 23.1 Å².